The summed E-state index contributed by atoms with van der Waals surface area (Å²) in [6, 6.07) is 7.20. The van der Waals surface area contributed by atoms with E-state index >= 15 is 0 Å². The zero-order chi connectivity index (χ0) is 34.7. The number of pyridine rings is 1. The summed E-state index contributed by atoms with van der Waals surface area (Å²) in [4.78, 5) is 38.9. The zero-order valence-electron chi connectivity index (χ0n) is 30.3. The van der Waals surface area contributed by atoms with Crippen molar-refractivity contribution >= 4 is 39.4 Å². The molecule has 0 atom stereocenters. The summed E-state index contributed by atoms with van der Waals surface area (Å²) < 4.78 is 49.8. The Bertz CT molecular complexity index is 2160. The van der Waals surface area contributed by atoms with Gasteiger partial charge in [-0.25, -0.2) is 4.98 Å². The largest absolute Gasteiger partial charge is 0.357 e. The molecule has 9 nitrogen and oxygen atoms in total. The van der Waals surface area contributed by atoms with Crippen LogP contribution in [0.15, 0.2) is 49.1 Å². The number of H-pyrrole nitrogens is 1. The van der Waals surface area contributed by atoms with Crippen LogP contribution >= 0.6 is 0 Å². The number of likely N-dealkylation sites (N-methyl/N-ethyl adjacent to an activating group) is 1. The number of carbonyl (C=O) groups is 2. The number of rotatable bonds is 4. The lowest BCUT2D eigenvalue weighted by Gasteiger charge is -2.57. The summed E-state index contributed by atoms with van der Waals surface area (Å²) in [7, 11) is 1.79. The molecule has 1 saturated carbocycles. The third kappa shape index (κ3) is 3.63. The average molecular weight is 582 g/mol. The molecule has 0 radical (unpaired) electrons. The third-order valence-corrected chi connectivity index (χ3v) is 10.2. The first-order valence-corrected chi connectivity index (χ1v) is 14.9. The topological polar surface area (TPSA) is 92.0 Å². The molecule has 9 heteroatoms. The van der Waals surface area contributed by atoms with Crippen molar-refractivity contribution in [3.63, 3.8) is 0 Å². The fourth-order valence-corrected chi connectivity index (χ4v) is 8.17. The minimum absolute atomic E-state index is 0.0311. The van der Waals surface area contributed by atoms with E-state index in [1.165, 1.54) is 17.0 Å². The van der Waals surface area contributed by atoms with Crippen LogP contribution in [0.2, 0.25) is 0 Å². The van der Waals surface area contributed by atoms with E-state index in [-0.39, 0.29) is 17.2 Å². The van der Waals surface area contributed by atoms with E-state index in [1.807, 2.05) is 24.0 Å². The number of aryl methyl sites for hydroxylation is 2. The van der Waals surface area contributed by atoms with E-state index in [9.17, 15) is 9.59 Å². The first-order chi connectivity index (χ1) is 23.2. The fourth-order valence-electron chi connectivity index (χ4n) is 8.17. The molecule has 1 saturated heterocycles. The van der Waals surface area contributed by atoms with Crippen LogP contribution in [0.1, 0.15) is 59.2 Å². The highest BCUT2D eigenvalue weighted by Crippen LogP contribution is 2.66. The van der Waals surface area contributed by atoms with Gasteiger partial charge in [-0.1, -0.05) is 13.0 Å². The van der Waals surface area contributed by atoms with Crippen molar-refractivity contribution in [2.75, 3.05) is 25.0 Å². The van der Waals surface area contributed by atoms with Gasteiger partial charge in [0.15, 0.2) is 0 Å². The Hall–Kier alpha value is -4.40. The van der Waals surface area contributed by atoms with Crippen molar-refractivity contribution in [2.45, 2.75) is 50.9 Å². The first kappa shape index (κ1) is 20.5. The molecule has 4 aromatic heterocycles. The Morgan fingerprint density at radius 3 is 2.70 bits per heavy atom. The van der Waals surface area contributed by atoms with Crippen molar-refractivity contribution in [3.05, 3.63) is 54.6 Å². The summed E-state index contributed by atoms with van der Waals surface area (Å²) >= 11 is 0. The second-order valence-electron chi connectivity index (χ2n) is 12.7. The maximum Gasteiger partial charge on any atom is 0.237 e. The number of amides is 2. The van der Waals surface area contributed by atoms with Crippen molar-refractivity contribution in [3.8, 4) is 22.4 Å². The van der Waals surface area contributed by atoms with E-state index < -0.39 is 19.4 Å². The quantitative estimate of drug-likeness (QED) is 0.302. The Morgan fingerprint density at radius 2 is 1.95 bits per heavy atom. The minimum atomic E-state index is -2.45. The second kappa shape index (κ2) is 9.05. The number of aromatic nitrogens is 5. The van der Waals surface area contributed by atoms with Gasteiger partial charge in [-0.3, -0.25) is 14.3 Å². The summed E-state index contributed by atoms with van der Waals surface area (Å²) in [6.45, 7) is -1.42. The number of piperidine rings is 1. The molecule has 0 unspecified atom stereocenters. The van der Waals surface area contributed by atoms with Crippen LogP contribution in [0.4, 0.5) is 5.69 Å². The summed E-state index contributed by atoms with van der Waals surface area (Å²) in [5.74, 6) is 0.225. The molecule has 1 aliphatic carbocycles. The summed E-state index contributed by atoms with van der Waals surface area (Å²) in [6.07, 6.45) is 10.8. The van der Waals surface area contributed by atoms with Gasteiger partial charge in [0.1, 0.15) is 5.65 Å². The molecule has 8 rings (SSSR count). The number of aromatic amines is 1. The van der Waals surface area contributed by atoms with Crippen LogP contribution in [0.5, 0.6) is 0 Å². The molecule has 2 aliphatic heterocycles. The first-order valence-electron chi connectivity index (χ1n) is 17.9. The number of fused-ring (bicyclic) bond motifs is 5. The van der Waals surface area contributed by atoms with E-state index in [4.69, 9.17) is 13.2 Å². The van der Waals surface area contributed by atoms with Gasteiger partial charge in [-0.05, 0) is 61.3 Å². The number of nitrogens with one attached hydrogen (secondary N) is 1. The molecule has 5 aromatic rings. The van der Waals surface area contributed by atoms with E-state index in [0.29, 0.717) is 60.2 Å². The highest BCUT2D eigenvalue weighted by molar-refractivity contribution is 6.17. The van der Waals surface area contributed by atoms with Crippen molar-refractivity contribution in [2.24, 2.45) is 19.4 Å². The van der Waals surface area contributed by atoms with E-state index in [1.54, 1.807) is 36.5 Å². The van der Waals surface area contributed by atoms with Gasteiger partial charge in [-0.2, -0.15) is 5.10 Å². The molecule has 220 valence electrons. The van der Waals surface area contributed by atoms with Gasteiger partial charge >= 0.3 is 0 Å². The Morgan fingerprint density at radius 1 is 1.12 bits per heavy atom. The molecular formula is C34H37N7O2. The van der Waals surface area contributed by atoms with Crippen LogP contribution in [0, 0.1) is 5.41 Å². The standard InChI is InChI=1S/C34H37N7O2/c1-5-6-26(42)41-13-10-33(11-14-41)19-34(20-33)29-25(39(3)32(34)43)17-35-31-28(29)27(30(37-31)22-9-12-38(2)18-22)21-7-8-24-23(15-21)16-36-40(24)4/h7-9,12,15-18H,5-6,10-11,13-14,19-20H2,1-4H3,(H,35,37)/i2D3,4D3. The van der Waals surface area contributed by atoms with Gasteiger partial charge in [0.05, 0.1) is 34.7 Å². The van der Waals surface area contributed by atoms with Gasteiger partial charge in [0, 0.05) is 88.6 Å². The number of anilines is 1. The number of benzene rings is 1. The van der Waals surface area contributed by atoms with Gasteiger partial charge in [-0.15, -0.1) is 0 Å². The average Bonchev–Trinajstić information content (AvgIpc) is 3.81. The molecule has 1 N–H and O–H groups in total. The lowest BCUT2D eigenvalue weighted by Crippen LogP contribution is -2.58. The molecule has 6 heterocycles. The molecule has 3 aliphatic rings. The maximum absolute atomic E-state index is 14.3. The monoisotopic (exact) mass is 581 g/mol. The molecule has 1 aromatic carbocycles. The molecule has 43 heavy (non-hydrogen) atoms. The number of carbonyl (C=O) groups excluding carboxylic acids is 2. The SMILES string of the molecule is [2H]C([2H])([2H])n1ccc(-c2[nH]c3ncc4c(c3c2-c2ccc3c(cnn3C([2H])([2H])[2H])c2)C2(CC3(CCN(C(=O)CCC)CC3)C2)C(=O)N4C)c1. The molecular weight excluding hydrogens is 538 g/mol. The molecule has 0 bridgehead atoms. The van der Waals surface area contributed by atoms with Crippen LogP contribution in [-0.4, -0.2) is 61.2 Å². The van der Waals surface area contributed by atoms with E-state index in [0.717, 1.165) is 51.7 Å². The summed E-state index contributed by atoms with van der Waals surface area (Å²) in [5.41, 5.74) is 4.67. The maximum atomic E-state index is 14.3. The van der Waals surface area contributed by atoms with Crippen LogP contribution in [0.25, 0.3) is 44.3 Å². The lowest BCUT2D eigenvalue weighted by atomic mass is 9.47. The second-order valence-corrected chi connectivity index (χ2v) is 12.7. The van der Waals surface area contributed by atoms with Crippen LogP contribution in [-0.2, 0) is 29.0 Å². The zero-order valence-corrected chi connectivity index (χ0v) is 24.3. The number of hydrogen-bond donors (Lipinski definition) is 1. The minimum Gasteiger partial charge on any atom is -0.357 e. The number of likely N-dealkylation sites (tertiary alicyclic amines) is 1. The summed E-state index contributed by atoms with van der Waals surface area (Å²) in [5, 5.41) is 5.57. The van der Waals surface area contributed by atoms with Crippen molar-refractivity contribution < 1.29 is 17.8 Å². The van der Waals surface area contributed by atoms with Crippen molar-refractivity contribution in [1.29, 1.82) is 0 Å². The fraction of sp³-hybridized carbons (Fsp3) is 0.412. The van der Waals surface area contributed by atoms with Gasteiger partial charge in [0.2, 0.25) is 11.8 Å². The Balaban J connectivity index is 1.30. The third-order valence-electron chi connectivity index (χ3n) is 10.2. The molecule has 2 spiro atoms. The molecule has 2 amide bonds. The molecule has 2 fully saturated rings. The van der Waals surface area contributed by atoms with E-state index in [2.05, 4.69) is 10.1 Å². The smallest absolute Gasteiger partial charge is 0.237 e. The van der Waals surface area contributed by atoms with Crippen molar-refractivity contribution in [1.82, 2.24) is 29.2 Å². The highest BCUT2D eigenvalue weighted by atomic mass is 16.2. The van der Waals surface area contributed by atoms with Crippen LogP contribution in [0.3, 0.4) is 0 Å². The van der Waals surface area contributed by atoms with Gasteiger partial charge in [0.25, 0.3) is 0 Å². The predicted molar refractivity (Wildman–Crippen MR) is 168 cm³/mol. The Labute approximate surface area is 258 Å². The van der Waals surface area contributed by atoms with Crippen LogP contribution < -0.4 is 4.90 Å². The normalized spacial score (nSPS) is 21.4. The lowest BCUT2D eigenvalue weighted by molar-refractivity contribution is -0.142. The van der Waals surface area contributed by atoms with Gasteiger partial charge < -0.3 is 19.4 Å². The highest BCUT2D eigenvalue weighted by Gasteiger charge is 2.65. The Kier molecular flexibility index (Phi) is 4.31. The number of hydrogen-bond acceptors (Lipinski definition) is 4. The number of nitrogens with zero attached hydrogens (tertiary/aromatic N) is 6. The predicted octanol–water partition coefficient (Wildman–Crippen LogP) is 5.54.